The fraction of sp³-hybridized carbons (Fsp3) is 0.333. The van der Waals surface area contributed by atoms with E-state index in [4.69, 9.17) is 11.6 Å². The number of nitrogens with zero attached hydrogens (tertiary/aromatic N) is 1. The summed E-state index contributed by atoms with van der Waals surface area (Å²) in [5.74, 6) is 0. The van der Waals surface area contributed by atoms with Gasteiger partial charge in [-0.2, -0.15) is 0 Å². The van der Waals surface area contributed by atoms with Crippen LogP contribution in [0.2, 0.25) is 5.02 Å². The molecule has 0 N–H and O–H groups in total. The summed E-state index contributed by atoms with van der Waals surface area (Å²) in [5, 5.41) is 11.2. The van der Waals surface area contributed by atoms with Gasteiger partial charge in [-0.1, -0.05) is 24.9 Å². The minimum Gasteiger partial charge on any atom is -0.258 e. The second kappa shape index (κ2) is 4.93. The Hall–Kier alpha value is -0.360. The summed E-state index contributed by atoms with van der Waals surface area (Å²) in [4.78, 5) is 10.4. The molecule has 0 atom stereocenters. The molecule has 0 amide bonds. The van der Waals surface area contributed by atoms with Crippen molar-refractivity contribution in [3.05, 3.63) is 36.4 Å². The number of benzene rings is 1. The number of rotatable bonds is 3. The van der Waals surface area contributed by atoms with Gasteiger partial charge in [0.15, 0.2) is 0 Å². The van der Waals surface area contributed by atoms with Crippen molar-refractivity contribution in [2.24, 2.45) is 0 Å². The van der Waals surface area contributed by atoms with Crippen LogP contribution < -0.4 is 0 Å². The van der Waals surface area contributed by atoms with Crippen LogP contribution in [0.15, 0.2) is 12.1 Å². The topological polar surface area (TPSA) is 43.1 Å². The van der Waals surface area contributed by atoms with Crippen molar-refractivity contribution in [2.75, 3.05) is 0 Å². The van der Waals surface area contributed by atoms with Gasteiger partial charge in [0.2, 0.25) is 0 Å². The minimum atomic E-state index is -0.376. The molecule has 0 saturated heterocycles. The quantitative estimate of drug-likeness (QED) is 0.482. The maximum atomic E-state index is 10.7. The Kier molecular flexibility index (Phi) is 4.12. The first-order chi connectivity index (χ1) is 6.56. The van der Waals surface area contributed by atoms with E-state index in [1.165, 1.54) is 0 Å². The molecule has 0 aromatic heterocycles. The van der Waals surface area contributed by atoms with E-state index in [-0.39, 0.29) is 10.6 Å². The second-order valence-electron chi connectivity index (χ2n) is 2.89. The van der Waals surface area contributed by atoms with E-state index in [9.17, 15) is 10.1 Å². The van der Waals surface area contributed by atoms with Crippen LogP contribution in [0.5, 0.6) is 0 Å². The van der Waals surface area contributed by atoms with Gasteiger partial charge in [-0.3, -0.25) is 10.1 Å². The highest BCUT2D eigenvalue weighted by Gasteiger charge is 2.17. The minimum absolute atomic E-state index is 0.128. The molecule has 0 fully saturated rings. The van der Waals surface area contributed by atoms with Crippen LogP contribution in [-0.4, -0.2) is 4.92 Å². The lowest BCUT2D eigenvalue weighted by Gasteiger charge is -2.04. The van der Waals surface area contributed by atoms with Crippen molar-refractivity contribution in [3.8, 4) is 0 Å². The van der Waals surface area contributed by atoms with Crippen LogP contribution in [-0.2, 0) is 6.42 Å². The van der Waals surface area contributed by atoms with E-state index < -0.39 is 0 Å². The van der Waals surface area contributed by atoms with Gasteiger partial charge in [-0.15, -0.1) is 0 Å². The highest BCUT2D eigenvalue weighted by Crippen LogP contribution is 2.30. The Balaban J connectivity index is 3.28. The summed E-state index contributed by atoms with van der Waals surface area (Å²) >= 11 is 7.97. The number of hydrogen-bond acceptors (Lipinski definition) is 2. The van der Waals surface area contributed by atoms with Crippen molar-refractivity contribution < 1.29 is 4.92 Å². The summed E-state index contributed by atoms with van der Waals surface area (Å²) in [5.41, 5.74) is 0.767. The van der Waals surface area contributed by atoms with Crippen molar-refractivity contribution >= 4 is 39.9 Å². The molecule has 0 aliphatic carbocycles. The molecular formula is C9H9ClINO2. The van der Waals surface area contributed by atoms with E-state index in [0.717, 1.165) is 9.99 Å². The molecule has 14 heavy (non-hydrogen) atoms. The van der Waals surface area contributed by atoms with Crippen LogP contribution >= 0.6 is 34.2 Å². The number of nitro groups is 1. The maximum Gasteiger partial charge on any atom is 0.275 e. The molecule has 3 nitrogen and oxygen atoms in total. The summed E-state index contributed by atoms with van der Waals surface area (Å²) in [6, 6.07) is 3.30. The zero-order valence-corrected chi connectivity index (χ0v) is 10.5. The van der Waals surface area contributed by atoms with Gasteiger partial charge in [-0.05, 0) is 35.1 Å². The predicted molar refractivity (Wildman–Crippen MR) is 64.8 cm³/mol. The van der Waals surface area contributed by atoms with Crippen molar-refractivity contribution in [2.45, 2.75) is 19.8 Å². The van der Waals surface area contributed by atoms with Crippen LogP contribution in [0.25, 0.3) is 0 Å². The van der Waals surface area contributed by atoms with E-state index in [2.05, 4.69) is 0 Å². The fourth-order valence-corrected chi connectivity index (χ4v) is 2.35. The molecule has 1 aromatic carbocycles. The van der Waals surface area contributed by atoms with E-state index >= 15 is 0 Å². The van der Waals surface area contributed by atoms with E-state index in [1.54, 1.807) is 12.1 Å². The molecule has 76 valence electrons. The normalized spacial score (nSPS) is 10.2. The average Bonchev–Trinajstić information content (AvgIpc) is 2.09. The largest absolute Gasteiger partial charge is 0.275 e. The zero-order chi connectivity index (χ0) is 10.7. The van der Waals surface area contributed by atoms with Crippen LogP contribution in [0.4, 0.5) is 5.69 Å². The summed E-state index contributed by atoms with van der Waals surface area (Å²) in [6.45, 7) is 1.97. The van der Waals surface area contributed by atoms with Gasteiger partial charge < -0.3 is 0 Å². The molecular weight excluding hydrogens is 316 g/mol. The lowest BCUT2D eigenvalue weighted by Crippen LogP contribution is -1.97. The van der Waals surface area contributed by atoms with Crippen LogP contribution in [0.3, 0.4) is 0 Å². The van der Waals surface area contributed by atoms with Crippen molar-refractivity contribution in [3.63, 3.8) is 0 Å². The standard InChI is InChI=1S/C9H9ClINO2/c1-2-3-7-8(10)4-6(11)5-9(7)12(13)14/h4-5H,2-3H2,1H3. The molecule has 1 rings (SSSR count). The molecule has 0 unspecified atom stereocenters. The van der Waals surface area contributed by atoms with Gasteiger partial charge in [0.1, 0.15) is 0 Å². The Morgan fingerprint density at radius 3 is 2.71 bits per heavy atom. The van der Waals surface area contributed by atoms with Crippen molar-refractivity contribution in [1.82, 2.24) is 0 Å². The van der Waals surface area contributed by atoms with Gasteiger partial charge in [-0.25, -0.2) is 0 Å². The second-order valence-corrected chi connectivity index (χ2v) is 4.55. The molecule has 5 heteroatoms. The molecule has 0 saturated carbocycles. The average molecular weight is 326 g/mol. The number of hydrogen-bond donors (Lipinski definition) is 0. The highest BCUT2D eigenvalue weighted by molar-refractivity contribution is 14.1. The molecule has 0 radical (unpaired) electrons. The van der Waals surface area contributed by atoms with Gasteiger partial charge in [0, 0.05) is 15.2 Å². The highest BCUT2D eigenvalue weighted by atomic mass is 127. The number of nitro benzene ring substituents is 1. The fourth-order valence-electron chi connectivity index (χ4n) is 1.25. The van der Waals surface area contributed by atoms with Crippen molar-refractivity contribution in [1.29, 1.82) is 0 Å². The third-order valence-electron chi connectivity index (χ3n) is 1.83. The van der Waals surface area contributed by atoms with Gasteiger partial charge in [0.25, 0.3) is 5.69 Å². The first-order valence-corrected chi connectivity index (χ1v) is 5.64. The maximum absolute atomic E-state index is 10.7. The lowest BCUT2D eigenvalue weighted by molar-refractivity contribution is -0.385. The zero-order valence-electron chi connectivity index (χ0n) is 7.59. The molecule has 0 bridgehead atoms. The summed E-state index contributed by atoms with van der Waals surface area (Å²) in [7, 11) is 0. The molecule has 0 aliphatic rings. The monoisotopic (exact) mass is 325 g/mol. The first-order valence-electron chi connectivity index (χ1n) is 4.18. The Morgan fingerprint density at radius 2 is 2.21 bits per heavy atom. The Bertz CT molecular complexity index is 368. The lowest BCUT2D eigenvalue weighted by atomic mass is 10.1. The third kappa shape index (κ3) is 2.57. The van der Waals surface area contributed by atoms with Gasteiger partial charge in [0.05, 0.1) is 9.95 Å². The predicted octanol–water partition coefficient (Wildman–Crippen LogP) is 3.81. The number of halogens is 2. The Labute approximate surface area is 101 Å². The SMILES string of the molecule is CCCc1c(Cl)cc(I)cc1[N+](=O)[O-]. The van der Waals surface area contributed by atoms with Crippen LogP contribution in [0, 0.1) is 13.7 Å². The molecule has 0 aliphatic heterocycles. The van der Waals surface area contributed by atoms with E-state index in [0.29, 0.717) is 17.0 Å². The first kappa shape index (κ1) is 11.7. The Morgan fingerprint density at radius 1 is 1.57 bits per heavy atom. The molecule has 1 aromatic rings. The van der Waals surface area contributed by atoms with Crippen LogP contribution in [0.1, 0.15) is 18.9 Å². The molecule has 0 heterocycles. The summed E-state index contributed by atoms with van der Waals surface area (Å²) < 4.78 is 0.791. The molecule has 0 spiro atoms. The van der Waals surface area contributed by atoms with E-state index in [1.807, 2.05) is 29.5 Å². The third-order valence-corrected chi connectivity index (χ3v) is 2.79. The summed E-state index contributed by atoms with van der Waals surface area (Å²) in [6.07, 6.45) is 1.49. The van der Waals surface area contributed by atoms with Gasteiger partial charge >= 0.3 is 0 Å². The smallest absolute Gasteiger partial charge is 0.258 e.